The fourth-order valence-electron chi connectivity index (χ4n) is 10.8. The molecule has 0 saturated carbocycles. The highest BCUT2D eigenvalue weighted by Gasteiger charge is 2.47. The van der Waals surface area contributed by atoms with Crippen molar-refractivity contribution in [2.24, 2.45) is 0 Å². The van der Waals surface area contributed by atoms with E-state index in [-0.39, 0.29) is 5.41 Å². The molecule has 1 nitrogen and oxygen atoms in total. The van der Waals surface area contributed by atoms with Crippen LogP contribution in [0, 0.1) is 0 Å². The minimum absolute atomic E-state index is 0.0396. The quantitative estimate of drug-likeness (QED) is 0.149. The van der Waals surface area contributed by atoms with Gasteiger partial charge in [0.25, 0.3) is 0 Å². The van der Waals surface area contributed by atoms with Gasteiger partial charge in [0.1, 0.15) is 0 Å². The fourth-order valence-corrected chi connectivity index (χ4v) is 10.8. The summed E-state index contributed by atoms with van der Waals surface area (Å²) in [5, 5.41) is 2.51. The van der Waals surface area contributed by atoms with Crippen molar-refractivity contribution in [3.63, 3.8) is 0 Å². The summed E-state index contributed by atoms with van der Waals surface area (Å²) >= 11 is 0. The van der Waals surface area contributed by atoms with Gasteiger partial charge in [-0.1, -0.05) is 178 Å². The van der Waals surface area contributed by atoms with Gasteiger partial charge in [0.05, 0.1) is 5.41 Å². The Balaban J connectivity index is 1.18. The minimum Gasteiger partial charge on any atom is -0.310 e. The van der Waals surface area contributed by atoms with Crippen LogP contribution in [0.3, 0.4) is 0 Å². The second-order valence-corrected chi connectivity index (χ2v) is 16.3. The van der Waals surface area contributed by atoms with Crippen LogP contribution in [0.25, 0.3) is 44.2 Å². The standard InChI is InChI=1S/C58H45N/c1-3-57(4-2)53-27-17-16-26-49(53)50-34-32-47(38-54(50)57)59(46-30-28-41(29-31-46)40-18-8-5-9-19-40)48-33-35-51-52-36-42-20-14-15-21-43(42)37-55(52)58(56(51)39-48,44-22-10-6-11-23-44)45-24-12-7-13-25-45/h5-39H,3-4H2,1-2H3. The van der Waals surface area contributed by atoms with Crippen molar-refractivity contribution >= 4 is 27.8 Å². The van der Waals surface area contributed by atoms with E-state index in [1.54, 1.807) is 0 Å². The first-order chi connectivity index (χ1) is 29.1. The van der Waals surface area contributed by atoms with Gasteiger partial charge in [0, 0.05) is 22.5 Å². The Kier molecular flexibility index (Phi) is 8.27. The zero-order valence-corrected chi connectivity index (χ0v) is 33.6. The Bertz CT molecular complexity index is 2960. The van der Waals surface area contributed by atoms with E-state index < -0.39 is 5.41 Å². The molecular weight excluding hydrogens is 711 g/mol. The van der Waals surface area contributed by atoms with Crippen LogP contribution >= 0.6 is 0 Å². The summed E-state index contributed by atoms with van der Waals surface area (Å²) in [6.07, 6.45) is 2.09. The van der Waals surface area contributed by atoms with Crippen LogP contribution in [0.2, 0.25) is 0 Å². The first kappa shape index (κ1) is 35.2. The third-order valence-electron chi connectivity index (χ3n) is 13.6. The van der Waals surface area contributed by atoms with Crippen LogP contribution in [0.1, 0.15) is 60.1 Å². The molecule has 2 aliphatic rings. The highest BCUT2D eigenvalue weighted by atomic mass is 15.1. The van der Waals surface area contributed by atoms with Crippen molar-refractivity contribution in [3.8, 4) is 33.4 Å². The maximum absolute atomic E-state index is 2.50. The zero-order chi connectivity index (χ0) is 39.6. The molecule has 0 bridgehead atoms. The Labute approximate surface area is 347 Å². The van der Waals surface area contributed by atoms with Crippen LogP contribution < -0.4 is 4.90 Å². The first-order valence-electron chi connectivity index (χ1n) is 21.1. The van der Waals surface area contributed by atoms with E-state index in [1.165, 1.54) is 83.2 Å². The van der Waals surface area contributed by atoms with Gasteiger partial charge in [0.2, 0.25) is 0 Å². The summed E-state index contributed by atoms with van der Waals surface area (Å²) in [7, 11) is 0. The predicted octanol–water partition coefficient (Wildman–Crippen LogP) is 15.4. The normalized spacial score (nSPS) is 14.0. The molecule has 9 aromatic carbocycles. The summed E-state index contributed by atoms with van der Waals surface area (Å²) in [6, 6.07) is 79.4. The predicted molar refractivity (Wildman–Crippen MR) is 248 cm³/mol. The van der Waals surface area contributed by atoms with E-state index >= 15 is 0 Å². The van der Waals surface area contributed by atoms with E-state index in [0.29, 0.717) is 0 Å². The summed E-state index contributed by atoms with van der Waals surface area (Å²) in [4.78, 5) is 2.49. The molecule has 0 spiro atoms. The monoisotopic (exact) mass is 755 g/mol. The Morgan fingerprint density at radius 2 is 0.797 bits per heavy atom. The van der Waals surface area contributed by atoms with E-state index in [2.05, 4.69) is 231 Å². The smallest absolute Gasteiger partial charge is 0.0714 e. The second kappa shape index (κ2) is 13.9. The lowest BCUT2D eigenvalue weighted by Crippen LogP contribution is -2.28. The molecule has 0 heterocycles. The lowest BCUT2D eigenvalue weighted by Gasteiger charge is -2.35. The van der Waals surface area contributed by atoms with E-state index in [0.717, 1.165) is 24.2 Å². The van der Waals surface area contributed by atoms with Gasteiger partial charge >= 0.3 is 0 Å². The van der Waals surface area contributed by atoms with E-state index in [4.69, 9.17) is 0 Å². The van der Waals surface area contributed by atoms with E-state index in [1.807, 2.05) is 0 Å². The average Bonchev–Trinajstić information content (AvgIpc) is 3.76. The zero-order valence-electron chi connectivity index (χ0n) is 33.6. The van der Waals surface area contributed by atoms with Crippen molar-refractivity contribution < 1.29 is 0 Å². The summed E-state index contributed by atoms with van der Waals surface area (Å²) in [5.41, 5.74) is 18.6. The van der Waals surface area contributed by atoms with Crippen LogP contribution in [0.15, 0.2) is 212 Å². The molecule has 0 N–H and O–H groups in total. The summed E-state index contributed by atoms with van der Waals surface area (Å²) < 4.78 is 0. The average molecular weight is 756 g/mol. The molecule has 0 unspecified atom stereocenters. The van der Waals surface area contributed by atoms with Crippen LogP contribution in [-0.4, -0.2) is 0 Å². The fraction of sp³-hybridized carbons (Fsp3) is 0.103. The van der Waals surface area contributed by atoms with Crippen LogP contribution in [0.4, 0.5) is 17.1 Å². The van der Waals surface area contributed by atoms with Gasteiger partial charge < -0.3 is 4.90 Å². The van der Waals surface area contributed by atoms with E-state index in [9.17, 15) is 0 Å². The lowest BCUT2D eigenvalue weighted by atomic mass is 9.67. The van der Waals surface area contributed by atoms with Gasteiger partial charge in [-0.25, -0.2) is 0 Å². The number of nitrogens with zero attached hydrogens (tertiary/aromatic N) is 1. The molecule has 0 fully saturated rings. The number of benzene rings is 9. The number of anilines is 3. The molecule has 9 aromatic rings. The van der Waals surface area contributed by atoms with Gasteiger partial charge in [0.15, 0.2) is 0 Å². The molecule has 0 radical (unpaired) electrons. The Morgan fingerprint density at radius 1 is 0.339 bits per heavy atom. The number of rotatable bonds is 8. The number of fused-ring (bicyclic) bond motifs is 7. The topological polar surface area (TPSA) is 3.24 Å². The molecular formula is C58H45N. The van der Waals surface area contributed by atoms with Crippen LogP contribution in [-0.2, 0) is 10.8 Å². The van der Waals surface area contributed by atoms with Gasteiger partial charge in [-0.3, -0.25) is 0 Å². The number of hydrogen-bond donors (Lipinski definition) is 0. The lowest BCUT2D eigenvalue weighted by molar-refractivity contribution is 0.490. The molecule has 1 heteroatoms. The van der Waals surface area contributed by atoms with Crippen molar-refractivity contribution in [3.05, 3.63) is 246 Å². The Hall–Kier alpha value is -6.96. The van der Waals surface area contributed by atoms with Crippen molar-refractivity contribution in [2.45, 2.75) is 37.5 Å². The second-order valence-electron chi connectivity index (χ2n) is 16.3. The maximum atomic E-state index is 2.50. The summed E-state index contributed by atoms with van der Waals surface area (Å²) in [5.74, 6) is 0. The van der Waals surface area contributed by atoms with Gasteiger partial charge in [-0.15, -0.1) is 0 Å². The van der Waals surface area contributed by atoms with Gasteiger partial charge in [-0.05, 0) is 139 Å². The maximum Gasteiger partial charge on any atom is 0.0714 e. The van der Waals surface area contributed by atoms with Crippen molar-refractivity contribution in [2.75, 3.05) is 4.90 Å². The largest absolute Gasteiger partial charge is 0.310 e. The SMILES string of the molecule is CCC1(CC)c2ccccc2-c2ccc(N(c3ccc(-c4ccccc4)cc3)c3ccc4c(c3)C(c3ccccc3)(c3ccccc3)c3cc5ccccc5cc3-4)cc21. The molecule has 282 valence electrons. The number of hydrogen-bond acceptors (Lipinski definition) is 1. The molecule has 0 aromatic heterocycles. The molecule has 0 saturated heterocycles. The molecule has 0 atom stereocenters. The van der Waals surface area contributed by atoms with Crippen molar-refractivity contribution in [1.82, 2.24) is 0 Å². The first-order valence-corrected chi connectivity index (χ1v) is 21.1. The molecule has 59 heavy (non-hydrogen) atoms. The molecule has 0 amide bonds. The molecule has 2 aliphatic carbocycles. The Morgan fingerprint density at radius 3 is 1.42 bits per heavy atom. The third-order valence-corrected chi connectivity index (χ3v) is 13.6. The highest BCUT2D eigenvalue weighted by Crippen LogP contribution is 2.59. The summed E-state index contributed by atoms with van der Waals surface area (Å²) in [6.45, 7) is 4.72. The van der Waals surface area contributed by atoms with Crippen LogP contribution in [0.5, 0.6) is 0 Å². The minimum atomic E-state index is -0.533. The molecule has 11 rings (SSSR count). The molecule has 0 aliphatic heterocycles. The third kappa shape index (κ3) is 5.24. The van der Waals surface area contributed by atoms with Gasteiger partial charge in [-0.2, -0.15) is 0 Å². The highest BCUT2D eigenvalue weighted by molar-refractivity contribution is 5.97. The van der Waals surface area contributed by atoms with Crippen molar-refractivity contribution in [1.29, 1.82) is 0 Å².